The highest BCUT2D eigenvalue weighted by molar-refractivity contribution is 7.99. The van der Waals surface area contributed by atoms with E-state index in [1.165, 1.54) is 55.8 Å². The molecule has 46 heavy (non-hydrogen) atoms. The Morgan fingerprint density at radius 1 is 0.935 bits per heavy atom. The van der Waals surface area contributed by atoms with E-state index >= 15 is 4.39 Å². The summed E-state index contributed by atoms with van der Waals surface area (Å²) in [5.41, 5.74) is 0.541. The highest BCUT2D eigenvalue weighted by atomic mass is 32.2. The van der Waals surface area contributed by atoms with Crippen LogP contribution in [0.3, 0.4) is 0 Å². The van der Waals surface area contributed by atoms with E-state index in [0.717, 1.165) is 32.0 Å². The Morgan fingerprint density at radius 3 is 2.17 bits per heavy atom. The van der Waals surface area contributed by atoms with E-state index in [4.69, 9.17) is 4.74 Å². The first-order valence-electron chi connectivity index (χ1n) is 16.2. The highest BCUT2D eigenvalue weighted by Gasteiger charge is 2.34. The number of piperidine rings is 2. The summed E-state index contributed by atoms with van der Waals surface area (Å²) in [4.78, 5) is 12.4. The van der Waals surface area contributed by atoms with E-state index in [1.54, 1.807) is 24.5 Å². The van der Waals surface area contributed by atoms with Crippen LogP contribution in [-0.4, -0.2) is 102 Å². The lowest BCUT2D eigenvalue weighted by Crippen LogP contribution is -2.52. The van der Waals surface area contributed by atoms with Crippen molar-refractivity contribution in [2.24, 2.45) is 0 Å². The second kappa shape index (κ2) is 13.8. The zero-order valence-corrected chi connectivity index (χ0v) is 29.7. The van der Waals surface area contributed by atoms with Crippen LogP contribution in [0.25, 0.3) is 10.9 Å². The summed E-state index contributed by atoms with van der Waals surface area (Å²) < 4.78 is 61.8. The molecule has 0 spiro atoms. The standard InChI is InChI=1S/C34H45FN4O4S3/c1-34(2,3)43-31-8-6-27(22-29(31)35)46(41,42)32-23-36-30-7-5-26(45(4)40)21-28(30)33(32)39-15-11-24(12-16-39)37-13-9-25(10-14-37)38-17-19-44-20-18-38/h5-8,21-25H,9-20H2,1-4H3. The van der Waals surface area contributed by atoms with Gasteiger partial charge in [-0.25, -0.2) is 12.8 Å². The average Bonchev–Trinajstić information content (AvgIpc) is 3.04. The smallest absolute Gasteiger partial charge is 0.210 e. The molecule has 3 fully saturated rings. The third kappa shape index (κ3) is 7.32. The number of likely N-dealkylation sites (tertiary alicyclic amines) is 1. The zero-order chi connectivity index (χ0) is 32.6. The maximum Gasteiger partial charge on any atom is 0.210 e. The molecular weight excluding hydrogens is 644 g/mol. The van der Waals surface area contributed by atoms with E-state index in [-0.39, 0.29) is 15.5 Å². The van der Waals surface area contributed by atoms with Gasteiger partial charge in [-0.3, -0.25) is 9.88 Å². The predicted molar refractivity (Wildman–Crippen MR) is 185 cm³/mol. The third-order valence-corrected chi connectivity index (χ3v) is 13.0. The summed E-state index contributed by atoms with van der Waals surface area (Å²) in [6.07, 6.45) is 7.24. The zero-order valence-electron chi connectivity index (χ0n) is 27.2. The molecule has 2 aromatic carbocycles. The number of benzene rings is 2. The molecule has 0 N–H and O–H groups in total. The number of thioether (sulfide) groups is 1. The minimum absolute atomic E-state index is 0.000543. The molecule has 1 unspecified atom stereocenters. The number of aromatic nitrogens is 1. The molecule has 0 bridgehead atoms. The van der Waals surface area contributed by atoms with Gasteiger partial charge in [-0.2, -0.15) is 11.8 Å². The second-order valence-electron chi connectivity index (χ2n) is 13.5. The molecule has 8 nitrogen and oxygen atoms in total. The van der Waals surface area contributed by atoms with Crippen molar-refractivity contribution < 1.29 is 22.1 Å². The SMILES string of the molecule is C[S+]([O-])c1ccc2ncc(S(=O)(=O)c3ccc(OC(C)(C)C)c(F)c3)c(N3CCC(N4CCC(N5CCSCC5)CC4)CC3)c2c1. The largest absolute Gasteiger partial charge is 0.612 e. The molecular formula is C34H45FN4O4S3. The van der Waals surface area contributed by atoms with Gasteiger partial charge in [-0.15, -0.1) is 0 Å². The van der Waals surface area contributed by atoms with Gasteiger partial charge in [0.15, 0.2) is 16.5 Å². The lowest BCUT2D eigenvalue weighted by molar-refractivity contribution is 0.0797. The van der Waals surface area contributed by atoms with Crippen LogP contribution in [0.5, 0.6) is 5.75 Å². The van der Waals surface area contributed by atoms with Gasteiger partial charge >= 0.3 is 0 Å². The first-order valence-corrected chi connectivity index (χ1v) is 20.4. The first kappa shape index (κ1) is 33.8. The maximum atomic E-state index is 15.2. The van der Waals surface area contributed by atoms with Crippen molar-refractivity contribution in [3.05, 3.63) is 48.4 Å². The van der Waals surface area contributed by atoms with E-state index in [9.17, 15) is 13.0 Å². The van der Waals surface area contributed by atoms with Crippen LogP contribution in [0, 0.1) is 5.82 Å². The summed E-state index contributed by atoms with van der Waals surface area (Å²) in [6.45, 7) is 11.4. The number of hydrogen-bond acceptors (Lipinski definition) is 9. The monoisotopic (exact) mass is 688 g/mol. The summed E-state index contributed by atoms with van der Waals surface area (Å²) >= 11 is 0.795. The molecule has 3 saturated heterocycles. The van der Waals surface area contributed by atoms with Crippen molar-refractivity contribution >= 4 is 49.4 Å². The van der Waals surface area contributed by atoms with Crippen LogP contribution >= 0.6 is 11.8 Å². The Hall–Kier alpha value is -2.09. The highest BCUT2D eigenvalue weighted by Crippen LogP contribution is 2.39. The van der Waals surface area contributed by atoms with Crippen LogP contribution in [0.1, 0.15) is 46.5 Å². The van der Waals surface area contributed by atoms with Crippen molar-refractivity contribution in [3.8, 4) is 5.75 Å². The van der Waals surface area contributed by atoms with Crippen LogP contribution in [0.15, 0.2) is 57.3 Å². The van der Waals surface area contributed by atoms with Gasteiger partial charge in [0.25, 0.3) is 0 Å². The number of pyridine rings is 1. The number of nitrogens with zero attached hydrogens (tertiary/aromatic N) is 4. The van der Waals surface area contributed by atoms with Gasteiger partial charge in [0.2, 0.25) is 9.84 Å². The molecule has 6 rings (SSSR count). The Kier molecular flexibility index (Phi) is 10.1. The molecule has 3 aliphatic heterocycles. The van der Waals surface area contributed by atoms with Crippen molar-refractivity contribution in [2.45, 2.75) is 78.8 Å². The van der Waals surface area contributed by atoms with Crippen molar-refractivity contribution in [3.63, 3.8) is 0 Å². The molecule has 4 heterocycles. The average molecular weight is 689 g/mol. The molecule has 0 saturated carbocycles. The number of rotatable bonds is 7. The molecule has 0 amide bonds. The fraction of sp³-hybridized carbons (Fsp3) is 0.559. The molecule has 250 valence electrons. The van der Waals surface area contributed by atoms with Crippen LogP contribution in [0.2, 0.25) is 0 Å². The number of anilines is 1. The van der Waals surface area contributed by atoms with Crippen molar-refractivity contribution in [1.29, 1.82) is 0 Å². The first-order chi connectivity index (χ1) is 21.9. The number of halogens is 1. The summed E-state index contributed by atoms with van der Waals surface area (Å²) in [5.74, 6) is 1.74. The predicted octanol–water partition coefficient (Wildman–Crippen LogP) is 5.60. The Bertz CT molecular complexity index is 1640. The van der Waals surface area contributed by atoms with E-state index in [1.807, 2.05) is 20.8 Å². The van der Waals surface area contributed by atoms with E-state index in [0.29, 0.717) is 46.7 Å². The molecule has 1 atom stereocenters. The fourth-order valence-electron chi connectivity index (χ4n) is 7.04. The molecule has 3 aliphatic rings. The lowest BCUT2D eigenvalue weighted by Gasteiger charge is -2.45. The number of sulfone groups is 1. The number of ether oxygens (including phenoxy) is 1. The summed E-state index contributed by atoms with van der Waals surface area (Å²) in [5, 5.41) is 0.640. The number of fused-ring (bicyclic) bond motifs is 1. The Balaban J connectivity index is 1.27. The minimum atomic E-state index is -4.17. The van der Waals surface area contributed by atoms with Crippen molar-refractivity contribution in [1.82, 2.24) is 14.8 Å². The van der Waals surface area contributed by atoms with Gasteiger partial charge < -0.3 is 19.1 Å². The van der Waals surface area contributed by atoms with Crippen LogP contribution < -0.4 is 9.64 Å². The van der Waals surface area contributed by atoms with Gasteiger partial charge in [0, 0.05) is 67.4 Å². The minimum Gasteiger partial charge on any atom is -0.612 e. The Labute approximate surface area is 280 Å². The van der Waals surface area contributed by atoms with Crippen LogP contribution in [0.4, 0.5) is 10.1 Å². The van der Waals surface area contributed by atoms with Crippen LogP contribution in [-0.2, 0) is 21.0 Å². The third-order valence-electron chi connectivity index (χ3n) is 9.39. The summed E-state index contributed by atoms with van der Waals surface area (Å²) in [6, 6.07) is 10.3. The maximum absolute atomic E-state index is 15.2. The quantitative estimate of drug-likeness (QED) is 0.294. The normalized spacial score (nSPS) is 20.7. The number of hydrogen-bond donors (Lipinski definition) is 0. The van der Waals surface area contributed by atoms with Gasteiger partial charge in [0.05, 0.1) is 16.1 Å². The topological polar surface area (TPSA) is 89.0 Å². The Morgan fingerprint density at radius 2 is 1.57 bits per heavy atom. The van der Waals surface area contributed by atoms with Crippen molar-refractivity contribution in [2.75, 3.05) is 61.9 Å². The molecule has 0 radical (unpaired) electrons. The van der Waals surface area contributed by atoms with E-state index < -0.39 is 32.4 Å². The van der Waals surface area contributed by atoms with Gasteiger partial charge in [-0.05, 0) is 101 Å². The lowest BCUT2D eigenvalue weighted by atomic mass is 9.96. The fourth-order valence-corrected chi connectivity index (χ4v) is 9.96. The summed E-state index contributed by atoms with van der Waals surface area (Å²) in [7, 11) is -4.17. The molecule has 3 aromatic rings. The second-order valence-corrected chi connectivity index (χ2v) is 18.1. The molecule has 1 aromatic heterocycles. The molecule has 12 heteroatoms. The van der Waals surface area contributed by atoms with E-state index in [2.05, 4.69) is 31.4 Å². The van der Waals surface area contributed by atoms with Gasteiger partial charge in [-0.1, -0.05) is 0 Å². The van der Waals surface area contributed by atoms with Gasteiger partial charge in [0.1, 0.15) is 16.8 Å². The molecule has 0 aliphatic carbocycles.